The van der Waals surface area contributed by atoms with Crippen molar-refractivity contribution in [1.82, 2.24) is 0 Å². The van der Waals surface area contributed by atoms with Crippen molar-refractivity contribution in [2.75, 3.05) is 6.61 Å². The second kappa shape index (κ2) is 7.71. The molecule has 3 aromatic carbocycles. The fourth-order valence-corrected chi connectivity index (χ4v) is 2.75. The van der Waals surface area contributed by atoms with Gasteiger partial charge in [-0.2, -0.15) is 0 Å². The lowest BCUT2D eigenvalue weighted by Crippen LogP contribution is -2.29. The summed E-state index contributed by atoms with van der Waals surface area (Å²) in [5.41, 5.74) is 0.817. The largest absolute Gasteiger partial charge is 0.494 e. The molecule has 3 rings (SSSR count). The molecule has 0 aromatic heterocycles. The minimum absolute atomic E-state index is 0.234. The fraction of sp³-hybridized carbons (Fsp3) is 0.190. The summed E-state index contributed by atoms with van der Waals surface area (Å²) in [4.78, 5) is 11.7. The average molecular weight is 336 g/mol. The molecule has 3 aromatic rings. The van der Waals surface area contributed by atoms with Crippen LogP contribution in [0.3, 0.4) is 0 Å². The first-order valence-corrected chi connectivity index (χ1v) is 8.26. The number of benzene rings is 3. The number of fused-ring (bicyclic) bond motifs is 1. The summed E-state index contributed by atoms with van der Waals surface area (Å²) in [6, 6.07) is 20.9. The topological polar surface area (TPSA) is 55.8 Å². The van der Waals surface area contributed by atoms with Crippen LogP contribution in [0.1, 0.15) is 12.5 Å². The number of aliphatic carboxylic acids is 1. The number of hydrogen-bond acceptors (Lipinski definition) is 3. The van der Waals surface area contributed by atoms with Crippen LogP contribution in [0.5, 0.6) is 11.5 Å². The Balaban J connectivity index is 1.82. The standard InChI is InChI=1S/C21H20O4/c1-2-24-19-10-6-5-9-17(19)14-20(21(22)23)25-18-12-11-15-7-3-4-8-16(15)13-18/h3-13,20H,2,14H2,1H3,(H,22,23). The quantitative estimate of drug-likeness (QED) is 0.698. The van der Waals surface area contributed by atoms with Crippen molar-refractivity contribution in [3.63, 3.8) is 0 Å². The zero-order valence-electron chi connectivity index (χ0n) is 14.0. The Hall–Kier alpha value is -3.01. The number of carboxylic acid groups (broad SMARTS) is 1. The van der Waals surface area contributed by atoms with E-state index in [4.69, 9.17) is 9.47 Å². The van der Waals surface area contributed by atoms with Gasteiger partial charge in [0, 0.05) is 6.42 Å². The van der Waals surface area contributed by atoms with Crippen LogP contribution in [-0.4, -0.2) is 23.8 Å². The second-order valence-electron chi connectivity index (χ2n) is 5.70. The van der Waals surface area contributed by atoms with Gasteiger partial charge in [-0.05, 0) is 41.5 Å². The van der Waals surface area contributed by atoms with Gasteiger partial charge in [-0.25, -0.2) is 4.79 Å². The van der Waals surface area contributed by atoms with Crippen molar-refractivity contribution in [3.05, 3.63) is 72.3 Å². The molecular weight excluding hydrogens is 316 g/mol. The highest BCUT2D eigenvalue weighted by atomic mass is 16.5. The van der Waals surface area contributed by atoms with Gasteiger partial charge in [0.1, 0.15) is 11.5 Å². The predicted molar refractivity (Wildman–Crippen MR) is 97.3 cm³/mol. The zero-order chi connectivity index (χ0) is 17.6. The van der Waals surface area contributed by atoms with Gasteiger partial charge >= 0.3 is 5.97 Å². The van der Waals surface area contributed by atoms with Crippen molar-refractivity contribution in [1.29, 1.82) is 0 Å². The molecule has 0 saturated heterocycles. The molecule has 4 nitrogen and oxygen atoms in total. The number of ether oxygens (including phenoxy) is 2. The molecule has 0 spiro atoms. The molecule has 1 N–H and O–H groups in total. The van der Waals surface area contributed by atoms with Crippen molar-refractivity contribution < 1.29 is 19.4 Å². The number of carbonyl (C=O) groups is 1. The van der Waals surface area contributed by atoms with Crippen LogP contribution >= 0.6 is 0 Å². The first kappa shape index (κ1) is 16.8. The Kier molecular flexibility index (Phi) is 5.19. The molecule has 0 radical (unpaired) electrons. The third-order valence-electron chi connectivity index (χ3n) is 3.95. The van der Waals surface area contributed by atoms with E-state index in [0.29, 0.717) is 18.1 Å². The third kappa shape index (κ3) is 4.10. The second-order valence-corrected chi connectivity index (χ2v) is 5.70. The first-order chi connectivity index (χ1) is 12.2. The normalized spacial score (nSPS) is 11.9. The summed E-state index contributed by atoms with van der Waals surface area (Å²) in [7, 11) is 0. The maximum Gasteiger partial charge on any atom is 0.345 e. The number of carboxylic acids is 1. The lowest BCUT2D eigenvalue weighted by Gasteiger charge is -2.17. The summed E-state index contributed by atoms with van der Waals surface area (Å²) in [5, 5.41) is 11.7. The maximum atomic E-state index is 11.7. The fourth-order valence-electron chi connectivity index (χ4n) is 2.75. The van der Waals surface area contributed by atoms with Gasteiger partial charge in [-0.15, -0.1) is 0 Å². The van der Waals surface area contributed by atoms with E-state index in [-0.39, 0.29) is 6.42 Å². The molecule has 0 aliphatic heterocycles. The van der Waals surface area contributed by atoms with Crippen LogP contribution in [0.15, 0.2) is 66.7 Å². The molecule has 0 amide bonds. The van der Waals surface area contributed by atoms with Gasteiger partial charge in [0.15, 0.2) is 6.10 Å². The summed E-state index contributed by atoms with van der Waals surface area (Å²) in [6.45, 7) is 2.43. The molecule has 0 aliphatic rings. The van der Waals surface area contributed by atoms with E-state index in [2.05, 4.69) is 0 Å². The molecule has 128 valence electrons. The van der Waals surface area contributed by atoms with E-state index in [1.54, 1.807) is 6.07 Å². The Morgan fingerprint density at radius 3 is 2.48 bits per heavy atom. The summed E-state index contributed by atoms with van der Waals surface area (Å²) in [6.07, 6.45) is -0.749. The van der Waals surface area contributed by atoms with E-state index in [1.807, 2.05) is 67.6 Å². The molecule has 0 saturated carbocycles. The van der Waals surface area contributed by atoms with Gasteiger partial charge < -0.3 is 14.6 Å². The third-order valence-corrected chi connectivity index (χ3v) is 3.95. The molecule has 1 unspecified atom stereocenters. The molecule has 0 fully saturated rings. The van der Waals surface area contributed by atoms with Gasteiger partial charge in [0.25, 0.3) is 0 Å². The monoisotopic (exact) mass is 336 g/mol. The highest BCUT2D eigenvalue weighted by Gasteiger charge is 2.22. The molecule has 0 bridgehead atoms. The van der Waals surface area contributed by atoms with E-state index in [0.717, 1.165) is 16.3 Å². The predicted octanol–water partition coefficient (Wildman–Crippen LogP) is 4.31. The Morgan fingerprint density at radius 2 is 1.72 bits per heavy atom. The van der Waals surface area contributed by atoms with Crippen LogP contribution < -0.4 is 9.47 Å². The van der Waals surface area contributed by atoms with Gasteiger partial charge in [-0.3, -0.25) is 0 Å². The van der Waals surface area contributed by atoms with Gasteiger partial charge in [0.2, 0.25) is 0 Å². The molecule has 4 heteroatoms. The highest BCUT2D eigenvalue weighted by molar-refractivity contribution is 5.84. The van der Waals surface area contributed by atoms with E-state index in [9.17, 15) is 9.90 Å². The smallest absolute Gasteiger partial charge is 0.345 e. The van der Waals surface area contributed by atoms with Crippen LogP contribution in [0.4, 0.5) is 0 Å². The Bertz CT molecular complexity index is 872. The van der Waals surface area contributed by atoms with Crippen molar-refractivity contribution in [3.8, 4) is 11.5 Å². The van der Waals surface area contributed by atoms with Crippen LogP contribution in [-0.2, 0) is 11.2 Å². The van der Waals surface area contributed by atoms with Crippen LogP contribution in [0.25, 0.3) is 10.8 Å². The lowest BCUT2D eigenvalue weighted by atomic mass is 10.1. The summed E-state index contributed by atoms with van der Waals surface area (Å²) >= 11 is 0. The number of rotatable bonds is 7. The van der Waals surface area contributed by atoms with Gasteiger partial charge in [0.05, 0.1) is 6.61 Å². The zero-order valence-corrected chi connectivity index (χ0v) is 14.0. The highest BCUT2D eigenvalue weighted by Crippen LogP contribution is 2.24. The first-order valence-electron chi connectivity index (χ1n) is 8.26. The number of hydrogen-bond donors (Lipinski definition) is 1. The van der Waals surface area contributed by atoms with E-state index >= 15 is 0 Å². The van der Waals surface area contributed by atoms with Crippen molar-refractivity contribution >= 4 is 16.7 Å². The van der Waals surface area contributed by atoms with Crippen molar-refractivity contribution in [2.24, 2.45) is 0 Å². The molecular formula is C21H20O4. The molecule has 0 heterocycles. The Labute approximate surface area is 146 Å². The minimum atomic E-state index is -1.00. The van der Waals surface area contributed by atoms with Gasteiger partial charge in [-0.1, -0.05) is 48.5 Å². The summed E-state index contributed by atoms with van der Waals surface area (Å²) < 4.78 is 11.3. The van der Waals surface area contributed by atoms with Crippen LogP contribution in [0.2, 0.25) is 0 Å². The molecule has 1 atom stereocenters. The van der Waals surface area contributed by atoms with Crippen molar-refractivity contribution in [2.45, 2.75) is 19.4 Å². The van der Waals surface area contributed by atoms with E-state index in [1.165, 1.54) is 0 Å². The average Bonchev–Trinajstić information content (AvgIpc) is 2.62. The van der Waals surface area contributed by atoms with Crippen LogP contribution in [0, 0.1) is 0 Å². The maximum absolute atomic E-state index is 11.7. The molecule has 25 heavy (non-hydrogen) atoms. The van der Waals surface area contributed by atoms with E-state index < -0.39 is 12.1 Å². The SMILES string of the molecule is CCOc1ccccc1CC(Oc1ccc2ccccc2c1)C(=O)O. The Morgan fingerprint density at radius 1 is 1.00 bits per heavy atom. The lowest BCUT2D eigenvalue weighted by molar-refractivity contribution is -0.145. The number of para-hydroxylation sites is 1. The summed E-state index contributed by atoms with van der Waals surface area (Å²) in [5.74, 6) is 0.234. The molecule has 0 aliphatic carbocycles. The minimum Gasteiger partial charge on any atom is -0.494 e.